The Labute approximate surface area is 115 Å². The fourth-order valence-corrected chi connectivity index (χ4v) is 2.39. The first kappa shape index (κ1) is 13.9. The quantitative estimate of drug-likeness (QED) is 0.754. The maximum Gasteiger partial charge on any atom is 0.137 e. The van der Waals surface area contributed by atoms with Gasteiger partial charge in [0.25, 0.3) is 0 Å². The van der Waals surface area contributed by atoms with E-state index in [1.807, 2.05) is 18.2 Å². The summed E-state index contributed by atoms with van der Waals surface area (Å²) in [4.78, 5) is 2.44. The van der Waals surface area contributed by atoms with Crippen LogP contribution in [0.25, 0.3) is 0 Å². The van der Waals surface area contributed by atoms with Crippen LogP contribution in [-0.2, 0) is 0 Å². The van der Waals surface area contributed by atoms with E-state index in [4.69, 9.17) is 10.00 Å². The SMILES string of the molecule is CCN(CCOc1ccccc1C#N)CC1CCC1. The third kappa shape index (κ3) is 3.97. The molecular weight excluding hydrogens is 236 g/mol. The first-order valence-electron chi connectivity index (χ1n) is 7.17. The molecule has 0 aromatic heterocycles. The largest absolute Gasteiger partial charge is 0.491 e. The standard InChI is InChI=1S/C16H22N2O/c1-2-18(13-14-6-5-7-14)10-11-19-16-9-4-3-8-15(16)12-17/h3-4,8-9,14H,2,5-7,10-11,13H2,1H3. The number of hydrogen-bond acceptors (Lipinski definition) is 3. The summed E-state index contributed by atoms with van der Waals surface area (Å²) in [5.74, 6) is 1.59. The highest BCUT2D eigenvalue weighted by Gasteiger charge is 2.19. The average molecular weight is 258 g/mol. The summed E-state index contributed by atoms with van der Waals surface area (Å²) in [5, 5.41) is 8.99. The van der Waals surface area contributed by atoms with Crippen molar-refractivity contribution in [1.82, 2.24) is 4.90 Å². The van der Waals surface area contributed by atoms with Gasteiger partial charge in [0.05, 0.1) is 5.56 Å². The zero-order valence-corrected chi connectivity index (χ0v) is 11.6. The first-order valence-corrected chi connectivity index (χ1v) is 7.17. The van der Waals surface area contributed by atoms with E-state index in [-0.39, 0.29) is 0 Å². The third-order valence-corrected chi connectivity index (χ3v) is 3.86. The molecule has 1 aliphatic rings. The minimum Gasteiger partial charge on any atom is -0.491 e. The number of rotatable bonds is 7. The molecule has 0 saturated heterocycles. The van der Waals surface area contributed by atoms with E-state index in [2.05, 4.69) is 17.9 Å². The molecule has 1 aromatic rings. The smallest absolute Gasteiger partial charge is 0.137 e. The van der Waals surface area contributed by atoms with Crippen LogP contribution in [0, 0.1) is 17.2 Å². The zero-order valence-electron chi connectivity index (χ0n) is 11.6. The molecule has 1 fully saturated rings. The van der Waals surface area contributed by atoms with Crippen molar-refractivity contribution in [3.8, 4) is 11.8 Å². The zero-order chi connectivity index (χ0) is 13.5. The van der Waals surface area contributed by atoms with Crippen molar-refractivity contribution in [1.29, 1.82) is 5.26 Å². The minimum atomic E-state index is 0.615. The lowest BCUT2D eigenvalue weighted by molar-refractivity contribution is 0.158. The van der Waals surface area contributed by atoms with Gasteiger partial charge in [-0.3, -0.25) is 4.90 Å². The van der Waals surface area contributed by atoms with Gasteiger partial charge in [-0.05, 0) is 37.4 Å². The van der Waals surface area contributed by atoms with E-state index in [1.54, 1.807) is 6.07 Å². The molecule has 1 aromatic carbocycles. The summed E-state index contributed by atoms with van der Waals surface area (Å²) in [5.41, 5.74) is 0.615. The van der Waals surface area contributed by atoms with Crippen LogP contribution in [0.2, 0.25) is 0 Å². The molecular formula is C16H22N2O. The van der Waals surface area contributed by atoms with Crippen molar-refractivity contribution < 1.29 is 4.74 Å². The molecule has 0 heterocycles. The maximum atomic E-state index is 8.99. The highest BCUT2D eigenvalue weighted by molar-refractivity contribution is 5.42. The van der Waals surface area contributed by atoms with Gasteiger partial charge in [-0.15, -0.1) is 0 Å². The summed E-state index contributed by atoms with van der Waals surface area (Å²) in [6.07, 6.45) is 4.16. The molecule has 0 atom stereocenters. The topological polar surface area (TPSA) is 36.3 Å². The molecule has 0 spiro atoms. The number of likely N-dealkylation sites (N-methyl/N-ethyl adjacent to an activating group) is 1. The number of ether oxygens (including phenoxy) is 1. The molecule has 19 heavy (non-hydrogen) atoms. The molecule has 0 unspecified atom stereocenters. The summed E-state index contributed by atoms with van der Waals surface area (Å²) in [7, 11) is 0. The Kier molecular flexibility index (Phi) is 5.23. The number of nitriles is 1. The fraction of sp³-hybridized carbons (Fsp3) is 0.562. The van der Waals surface area contributed by atoms with Crippen LogP contribution >= 0.6 is 0 Å². The second-order valence-electron chi connectivity index (χ2n) is 5.15. The minimum absolute atomic E-state index is 0.615. The Morgan fingerprint density at radius 2 is 2.16 bits per heavy atom. The van der Waals surface area contributed by atoms with Crippen LogP contribution in [0.3, 0.4) is 0 Å². The molecule has 3 heteroatoms. The van der Waals surface area contributed by atoms with Gasteiger partial charge in [0, 0.05) is 13.1 Å². The van der Waals surface area contributed by atoms with Crippen molar-refractivity contribution >= 4 is 0 Å². The molecule has 1 aliphatic carbocycles. The predicted molar refractivity (Wildman–Crippen MR) is 76.1 cm³/mol. The third-order valence-electron chi connectivity index (χ3n) is 3.86. The molecule has 0 radical (unpaired) electrons. The van der Waals surface area contributed by atoms with Crippen molar-refractivity contribution in [2.75, 3.05) is 26.2 Å². The van der Waals surface area contributed by atoms with Gasteiger partial charge in [0.2, 0.25) is 0 Å². The van der Waals surface area contributed by atoms with Gasteiger partial charge in [-0.25, -0.2) is 0 Å². The van der Waals surface area contributed by atoms with Gasteiger partial charge < -0.3 is 4.74 Å². The van der Waals surface area contributed by atoms with Crippen molar-refractivity contribution in [2.45, 2.75) is 26.2 Å². The molecule has 102 valence electrons. The van der Waals surface area contributed by atoms with Crippen LogP contribution in [-0.4, -0.2) is 31.1 Å². The van der Waals surface area contributed by atoms with Crippen LogP contribution < -0.4 is 4.74 Å². The van der Waals surface area contributed by atoms with Crippen LogP contribution in [0.15, 0.2) is 24.3 Å². The van der Waals surface area contributed by atoms with E-state index in [0.29, 0.717) is 17.9 Å². The average Bonchev–Trinajstić information content (AvgIpc) is 2.41. The van der Waals surface area contributed by atoms with E-state index in [0.717, 1.165) is 19.0 Å². The lowest BCUT2D eigenvalue weighted by Gasteiger charge is -2.31. The van der Waals surface area contributed by atoms with E-state index in [1.165, 1.54) is 25.8 Å². The number of benzene rings is 1. The summed E-state index contributed by atoms with van der Waals surface area (Å²) >= 11 is 0. The summed E-state index contributed by atoms with van der Waals surface area (Å²) < 4.78 is 5.73. The van der Waals surface area contributed by atoms with Crippen LogP contribution in [0.5, 0.6) is 5.75 Å². The van der Waals surface area contributed by atoms with Crippen molar-refractivity contribution in [3.63, 3.8) is 0 Å². The highest BCUT2D eigenvalue weighted by Crippen LogP contribution is 2.27. The second-order valence-corrected chi connectivity index (χ2v) is 5.15. The lowest BCUT2D eigenvalue weighted by atomic mass is 9.85. The highest BCUT2D eigenvalue weighted by atomic mass is 16.5. The molecule has 2 rings (SSSR count). The van der Waals surface area contributed by atoms with Crippen molar-refractivity contribution in [3.05, 3.63) is 29.8 Å². The maximum absolute atomic E-state index is 8.99. The van der Waals surface area contributed by atoms with Gasteiger partial charge in [-0.2, -0.15) is 5.26 Å². The number of nitrogens with zero attached hydrogens (tertiary/aromatic N) is 2. The van der Waals surface area contributed by atoms with Gasteiger partial charge in [0.15, 0.2) is 0 Å². The van der Waals surface area contributed by atoms with Gasteiger partial charge in [-0.1, -0.05) is 25.5 Å². The van der Waals surface area contributed by atoms with E-state index >= 15 is 0 Å². The Morgan fingerprint density at radius 3 is 2.79 bits per heavy atom. The molecule has 3 nitrogen and oxygen atoms in total. The molecule has 0 amide bonds. The Morgan fingerprint density at radius 1 is 1.37 bits per heavy atom. The second kappa shape index (κ2) is 7.16. The predicted octanol–water partition coefficient (Wildman–Crippen LogP) is 3.06. The monoisotopic (exact) mass is 258 g/mol. The first-order chi connectivity index (χ1) is 9.33. The lowest BCUT2D eigenvalue weighted by Crippen LogP contribution is -2.35. The van der Waals surface area contributed by atoms with Crippen LogP contribution in [0.1, 0.15) is 31.7 Å². The molecule has 0 bridgehead atoms. The van der Waals surface area contributed by atoms with Crippen LogP contribution in [0.4, 0.5) is 0 Å². The van der Waals surface area contributed by atoms with Gasteiger partial charge in [0.1, 0.15) is 18.4 Å². The Balaban J connectivity index is 1.76. The molecule has 0 aliphatic heterocycles. The Bertz CT molecular complexity index is 435. The number of hydrogen-bond donors (Lipinski definition) is 0. The fourth-order valence-electron chi connectivity index (χ4n) is 2.39. The normalized spacial score (nSPS) is 15.0. The Hall–Kier alpha value is -1.53. The summed E-state index contributed by atoms with van der Waals surface area (Å²) in [6, 6.07) is 9.58. The van der Waals surface area contributed by atoms with Gasteiger partial charge >= 0.3 is 0 Å². The summed E-state index contributed by atoms with van der Waals surface area (Å²) in [6.45, 7) is 6.05. The van der Waals surface area contributed by atoms with Crippen molar-refractivity contribution in [2.24, 2.45) is 5.92 Å². The molecule has 0 N–H and O–H groups in total. The number of para-hydroxylation sites is 1. The van der Waals surface area contributed by atoms with E-state index < -0.39 is 0 Å². The molecule has 1 saturated carbocycles. The van der Waals surface area contributed by atoms with E-state index in [9.17, 15) is 0 Å².